The predicted octanol–water partition coefficient (Wildman–Crippen LogP) is 2.27. The number of hydrogen-bond acceptors (Lipinski definition) is 3. The first-order valence-corrected chi connectivity index (χ1v) is 6.97. The van der Waals surface area contributed by atoms with Crippen LogP contribution in [-0.4, -0.2) is 54.6 Å². The van der Waals surface area contributed by atoms with E-state index in [9.17, 15) is 0 Å². The summed E-state index contributed by atoms with van der Waals surface area (Å²) in [5.74, 6) is 0.950. The van der Waals surface area contributed by atoms with Crippen molar-refractivity contribution in [2.75, 3.05) is 39.3 Å². The molecule has 1 heterocycles. The van der Waals surface area contributed by atoms with Crippen LogP contribution in [0.25, 0.3) is 0 Å². The monoisotopic (exact) mass is 268 g/mol. The summed E-state index contributed by atoms with van der Waals surface area (Å²) in [6.07, 6.45) is 0. The molecule has 0 bridgehead atoms. The highest BCUT2D eigenvalue weighted by molar-refractivity contribution is 6.20. The minimum Gasteiger partial charge on any atom is -0.492 e. The molecule has 1 aliphatic rings. The maximum atomic E-state index is 6.07. The SMILES string of the molecule is CC(Cl)N1CCN(CCOc2ccccc2)CC1. The van der Waals surface area contributed by atoms with Crippen LogP contribution < -0.4 is 4.74 Å². The Morgan fingerprint density at radius 1 is 1.17 bits per heavy atom. The van der Waals surface area contributed by atoms with Crippen LogP contribution in [0.3, 0.4) is 0 Å². The zero-order valence-electron chi connectivity index (χ0n) is 10.9. The summed E-state index contributed by atoms with van der Waals surface area (Å²) < 4.78 is 5.70. The van der Waals surface area contributed by atoms with Gasteiger partial charge in [0.15, 0.2) is 0 Å². The molecule has 3 nitrogen and oxygen atoms in total. The van der Waals surface area contributed by atoms with E-state index in [2.05, 4.69) is 9.80 Å². The van der Waals surface area contributed by atoms with Gasteiger partial charge < -0.3 is 4.74 Å². The van der Waals surface area contributed by atoms with Gasteiger partial charge >= 0.3 is 0 Å². The van der Waals surface area contributed by atoms with E-state index in [4.69, 9.17) is 16.3 Å². The Balaban J connectivity index is 1.64. The van der Waals surface area contributed by atoms with E-state index in [0.717, 1.165) is 45.1 Å². The number of alkyl halides is 1. The van der Waals surface area contributed by atoms with E-state index in [1.54, 1.807) is 0 Å². The van der Waals surface area contributed by atoms with Gasteiger partial charge in [0, 0.05) is 32.7 Å². The zero-order valence-corrected chi connectivity index (χ0v) is 11.6. The normalized spacial score (nSPS) is 19.7. The van der Waals surface area contributed by atoms with Gasteiger partial charge in [0.2, 0.25) is 0 Å². The number of benzene rings is 1. The van der Waals surface area contributed by atoms with E-state index in [-0.39, 0.29) is 5.50 Å². The first kappa shape index (κ1) is 13.7. The van der Waals surface area contributed by atoms with Crippen molar-refractivity contribution < 1.29 is 4.74 Å². The summed E-state index contributed by atoms with van der Waals surface area (Å²) in [7, 11) is 0. The molecule has 0 radical (unpaired) electrons. The van der Waals surface area contributed by atoms with E-state index in [1.165, 1.54) is 0 Å². The molecule has 1 fully saturated rings. The van der Waals surface area contributed by atoms with Gasteiger partial charge in [0.1, 0.15) is 12.4 Å². The van der Waals surface area contributed by atoms with Gasteiger partial charge in [-0.1, -0.05) is 18.2 Å². The van der Waals surface area contributed by atoms with Crippen molar-refractivity contribution in [3.05, 3.63) is 30.3 Å². The Morgan fingerprint density at radius 3 is 2.44 bits per heavy atom. The van der Waals surface area contributed by atoms with E-state index in [0.29, 0.717) is 0 Å². The summed E-state index contributed by atoms with van der Waals surface area (Å²) >= 11 is 6.07. The minimum atomic E-state index is 0.146. The Kier molecular flexibility index (Phi) is 5.29. The Bertz CT molecular complexity index is 337. The number of halogens is 1. The van der Waals surface area contributed by atoms with Crippen molar-refractivity contribution in [3.8, 4) is 5.75 Å². The summed E-state index contributed by atoms with van der Waals surface area (Å²) in [5.41, 5.74) is 0.146. The molecule has 0 aromatic heterocycles. The molecule has 0 spiro atoms. The second-order valence-corrected chi connectivity index (χ2v) is 5.24. The molecule has 0 saturated carbocycles. The lowest BCUT2D eigenvalue weighted by Gasteiger charge is -2.35. The lowest BCUT2D eigenvalue weighted by molar-refractivity contribution is 0.112. The second kappa shape index (κ2) is 6.98. The molecule has 1 aromatic rings. The van der Waals surface area contributed by atoms with Crippen LogP contribution in [-0.2, 0) is 0 Å². The largest absolute Gasteiger partial charge is 0.492 e. The molecule has 0 N–H and O–H groups in total. The Morgan fingerprint density at radius 2 is 1.83 bits per heavy atom. The summed E-state index contributed by atoms with van der Waals surface area (Å²) in [6.45, 7) is 8.03. The van der Waals surface area contributed by atoms with Crippen LogP contribution in [0.1, 0.15) is 6.92 Å². The van der Waals surface area contributed by atoms with Crippen LogP contribution in [0.15, 0.2) is 30.3 Å². The third-order valence-corrected chi connectivity index (χ3v) is 3.61. The van der Waals surface area contributed by atoms with Crippen molar-refractivity contribution in [2.24, 2.45) is 0 Å². The van der Waals surface area contributed by atoms with Crippen molar-refractivity contribution in [1.29, 1.82) is 0 Å². The topological polar surface area (TPSA) is 15.7 Å². The van der Waals surface area contributed by atoms with E-state index >= 15 is 0 Å². The average Bonchev–Trinajstić information content (AvgIpc) is 2.40. The fourth-order valence-corrected chi connectivity index (χ4v) is 2.35. The van der Waals surface area contributed by atoms with Crippen molar-refractivity contribution in [2.45, 2.75) is 12.4 Å². The molecule has 1 atom stereocenters. The maximum Gasteiger partial charge on any atom is 0.119 e. The smallest absolute Gasteiger partial charge is 0.119 e. The fourth-order valence-electron chi connectivity index (χ4n) is 2.15. The summed E-state index contributed by atoms with van der Waals surface area (Å²) in [4.78, 5) is 4.73. The van der Waals surface area contributed by atoms with Crippen LogP contribution in [0.5, 0.6) is 5.75 Å². The Labute approximate surface area is 114 Å². The maximum absolute atomic E-state index is 6.07. The van der Waals surface area contributed by atoms with Gasteiger partial charge in [-0.2, -0.15) is 0 Å². The number of rotatable bonds is 5. The lowest BCUT2D eigenvalue weighted by atomic mass is 10.3. The molecule has 100 valence electrons. The predicted molar refractivity (Wildman–Crippen MR) is 75.3 cm³/mol. The van der Waals surface area contributed by atoms with Crippen LogP contribution in [0, 0.1) is 0 Å². The number of piperazine rings is 1. The third-order valence-electron chi connectivity index (χ3n) is 3.33. The fraction of sp³-hybridized carbons (Fsp3) is 0.571. The molecule has 1 saturated heterocycles. The molecular formula is C14H21ClN2O. The molecule has 0 aliphatic carbocycles. The van der Waals surface area contributed by atoms with E-state index < -0.39 is 0 Å². The van der Waals surface area contributed by atoms with Gasteiger partial charge in [-0.25, -0.2) is 0 Å². The zero-order chi connectivity index (χ0) is 12.8. The molecule has 1 aromatic carbocycles. The third kappa shape index (κ3) is 4.16. The van der Waals surface area contributed by atoms with Crippen molar-refractivity contribution in [3.63, 3.8) is 0 Å². The second-order valence-electron chi connectivity index (χ2n) is 4.61. The van der Waals surface area contributed by atoms with Crippen LogP contribution in [0.2, 0.25) is 0 Å². The highest BCUT2D eigenvalue weighted by Crippen LogP contribution is 2.10. The molecule has 4 heteroatoms. The highest BCUT2D eigenvalue weighted by Gasteiger charge is 2.19. The summed E-state index contributed by atoms with van der Waals surface area (Å²) in [6, 6.07) is 9.98. The molecule has 1 aliphatic heterocycles. The van der Waals surface area contributed by atoms with Gasteiger partial charge in [0.25, 0.3) is 0 Å². The van der Waals surface area contributed by atoms with Crippen LogP contribution >= 0.6 is 11.6 Å². The average molecular weight is 269 g/mol. The van der Waals surface area contributed by atoms with E-state index in [1.807, 2.05) is 37.3 Å². The highest BCUT2D eigenvalue weighted by atomic mass is 35.5. The molecule has 1 unspecified atom stereocenters. The first-order valence-electron chi connectivity index (χ1n) is 6.54. The van der Waals surface area contributed by atoms with Gasteiger partial charge in [-0.05, 0) is 19.1 Å². The number of para-hydroxylation sites is 1. The number of ether oxygens (including phenoxy) is 1. The molecular weight excluding hydrogens is 248 g/mol. The van der Waals surface area contributed by atoms with Gasteiger partial charge in [-0.15, -0.1) is 11.6 Å². The molecule has 18 heavy (non-hydrogen) atoms. The lowest BCUT2D eigenvalue weighted by Crippen LogP contribution is -2.49. The van der Waals surface area contributed by atoms with Crippen molar-refractivity contribution in [1.82, 2.24) is 9.80 Å². The van der Waals surface area contributed by atoms with Gasteiger partial charge in [-0.3, -0.25) is 9.80 Å². The Hall–Kier alpha value is -0.770. The first-order chi connectivity index (χ1) is 8.75. The molecule has 2 rings (SSSR count). The number of hydrogen-bond donors (Lipinski definition) is 0. The quantitative estimate of drug-likeness (QED) is 0.602. The number of nitrogens with zero attached hydrogens (tertiary/aromatic N) is 2. The standard InChI is InChI=1S/C14H21ClN2O/c1-13(15)17-9-7-16(8-10-17)11-12-18-14-5-3-2-4-6-14/h2-6,13H,7-12H2,1H3. The minimum absolute atomic E-state index is 0.146. The molecule has 0 amide bonds. The van der Waals surface area contributed by atoms with Crippen molar-refractivity contribution >= 4 is 11.6 Å². The summed E-state index contributed by atoms with van der Waals surface area (Å²) in [5, 5.41) is 0. The van der Waals surface area contributed by atoms with Gasteiger partial charge in [0.05, 0.1) is 5.50 Å². The van der Waals surface area contributed by atoms with Crippen LogP contribution in [0.4, 0.5) is 0 Å².